The molecule has 0 saturated heterocycles. The fraction of sp³-hybridized carbons (Fsp3) is 0.136. The third-order valence-electron chi connectivity index (χ3n) is 4.90. The van der Waals surface area contributed by atoms with E-state index in [4.69, 9.17) is 0 Å². The van der Waals surface area contributed by atoms with Gasteiger partial charge in [0.05, 0.1) is 11.2 Å². The van der Waals surface area contributed by atoms with Crippen LogP contribution < -0.4 is 10.6 Å². The molecule has 146 valence electrons. The number of benzene rings is 2. The fourth-order valence-corrected chi connectivity index (χ4v) is 3.86. The standard InChI is InChI=1S/C22H18FN3O2S/c1-13-2-3-15(20-11-29-12-25-20)8-19(13)26-22(28)18-10-24-21(27)9-17(18)14-4-6-16(23)7-5-14/h2-8,10-12,17H,9H2,1H3,(H,24,27)(H,26,28). The van der Waals surface area contributed by atoms with E-state index in [1.54, 1.807) is 17.6 Å². The highest BCUT2D eigenvalue weighted by Gasteiger charge is 2.29. The van der Waals surface area contributed by atoms with Crippen molar-refractivity contribution in [2.75, 3.05) is 5.32 Å². The topological polar surface area (TPSA) is 71.1 Å². The minimum Gasteiger partial charge on any atom is -0.332 e. The number of aryl methyl sites for hydroxylation is 1. The van der Waals surface area contributed by atoms with E-state index in [0.29, 0.717) is 11.3 Å². The molecular formula is C22H18FN3O2S. The van der Waals surface area contributed by atoms with Crippen molar-refractivity contribution in [3.05, 3.63) is 82.1 Å². The van der Waals surface area contributed by atoms with E-state index in [1.165, 1.54) is 29.7 Å². The Bertz CT molecular complexity index is 1090. The van der Waals surface area contributed by atoms with Crippen LogP contribution in [-0.4, -0.2) is 16.8 Å². The molecule has 0 bridgehead atoms. The zero-order chi connectivity index (χ0) is 20.4. The van der Waals surface area contributed by atoms with Gasteiger partial charge in [0.15, 0.2) is 0 Å². The molecule has 29 heavy (non-hydrogen) atoms. The Morgan fingerprint density at radius 2 is 2.03 bits per heavy atom. The van der Waals surface area contributed by atoms with Crippen LogP contribution in [0.1, 0.15) is 23.5 Å². The second-order valence-electron chi connectivity index (χ2n) is 6.83. The van der Waals surface area contributed by atoms with Crippen LogP contribution in [-0.2, 0) is 9.59 Å². The number of nitrogens with one attached hydrogen (secondary N) is 2. The molecule has 2 aromatic carbocycles. The van der Waals surface area contributed by atoms with Crippen molar-refractivity contribution in [1.82, 2.24) is 10.3 Å². The normalized spacial score (nSPS) is 16.1. The second kappa shape index (κ2) is 7.97. The highest BCUT2D eigenvalue weighted by Crippen LogP contribution is 2.32. The number of hydrogen-bond donors (Lipinski definition) is 2. The number of hydrogen-bond acceptors (Lipinski definition) is 4. The number of carbonyl (C=O) groups is 2. The van der Waals surface area contributed by atoms with Gasteiger partial charge in [-0.15, -0.1) is 11.3 Å². The Morgan fingerprint density at radius 1 is 1.24 bits per heavy atom. The molecule has 1 unspecified atom stereocenters. The monoisotopic (exact) mass is 407 g/mol. The van der Waals surface area contributed by atoms with Crippen molar-refractivity contribution in [2.45, 2.75) is 19.3 Å². The van der Waals surface area contributed by atoms with E-state index in [1.807, 2.05) is 30.5 Å². The van der Waals surface area contributed by atoms with Gasteiger partial charge in [-0.05, 0) is 36.2 Å². The summed E-state index contributed by atoms with van der Waals surface area (Å²) in [7, 11) is 0. The molecule has 5 nitrogen and oxygen atoms in total. The molecule has 4 rings (SSSR count). The molecule has 0 fully saturated rings. The molecule has 0 radical (unpaired) electrons. The van der Waals surface area contributed by atoms with Crippen molar-refractivity contribution in [1.29, 1.82) is 0 Å². The SMILES string of the molecule is Cc1ccc(-c2cscn2)cc1NC(=O)C1=CNC(=O)CC1c1ccc(F)cc1. The molecule has 1 aliphatic heterocycles. The van der Waals surface area contributed by atoms with Crippen LogP contribution in [0.25, 0.3) is 11.3 Å². The summed E-state index contributed by atoms with van der Waals surface area (Å²) in [6, 6.07) is 11.6. The highest BCUT2D eigenvalue weighted by molar-refractivity contribution is 7.07. The third-order valence-corrected chi connectivity index (χ3v) is 5.49. The van der Waals surface area contributed by atoms with Crippen LogP contribution in [0, 0.1) is 12.7 Å². The number of thiazole rings is 1. The number of rotatable bonds is 4. The third kappa shape index (κ3) is 4.09. The summed E-state index contributed by atoms with van der Waals surface area (Å²) in [5.74, 6) is -1.29. The fourth-order valence-electron chi connectivity index (χ4n) is 3.29. The van der Waals surface area contributed by atoms with E-state index in [2.05, 4.69) is 15.6 Å². The maximum Gasteiger partial charge on any atom is 0.253 e. The number of amides is 2. The van der Waals surface area contributed by atoms with Gasteiger partial charge in [-0.25, -0.2) is 9.37 Å². The summed E-state index contributed by atoms with van der Waals surface area (Å²) >= 11 is 1.51. The molecule has 0 aliphatic carbocycles. The Balaban J connectivity index is 1.62. The van der Waals surface area contributed by atoms with Crippen molar-refractivity contribution in [3.63, 3.8) is 0 Å². The average molecular weight is 407 g/mol. The molecule has 1 aliphatic rings. The Labute approximate surface area is 171 Å². The highest BCUT2D eigenvalue weighted by atomic mass is 32.1. The lowest BCUT2D eigenvalue weighted by atomic mass is 9.86. The van der Waals surface area contributed by atoms with Crippen LogP contribution in [0.5, 0.6) is 0 Å². The molecular weight excluding hydrogens is 389 g/mol. The molecule has 2 N–H and O–H groups in total. The Morgan fingerprint density at radius 3 is 2.76 bits per heavy atom. The average Bonchev–Trinajstić information content (AvgIpc) is 3.25. The van der Waals surface area contributed by atoms with Crippen LogP contribution in [0.3, 0.4) is 0 Å². The van der Waals surface area contributed by atoms with Crippen molar-refractivity contribution in [3.8, 4) is 11.3 Å². The van der Waals surface area contributed by atoms with Crippen molar-refractivity contribution in [2.24, 2.45) is 0 Å². The summed E-state index contributed by atoms with van der Waals surface area (Å²) in [4.78, 5) is 29.3. The van der Waals surface area contributed by atoms with E-state index in [0.717, 1.165) is 22.4 Å². The molecule has 3 aromatic rings. The number of carbonyl (C=O) groups excluding carboxylic acids is 2. The van der Waals surface area contributed by atoms with Gasteiger partial charge >= 0.3 is 0 Å². The first-order chi connectivity index (χ1) is 14.0. The lowest BCUT2D eigenvalue weighted by Crippen LogP contribution is -2.32. The van der Waals surface area contributed by atoms with Gasteiger partial charge < -0.3 is 10.6 Å². The smallest absolute Gasteiger partial charge is 0.253 e. The van der Waals surface area contributed by atoms with Crippen LogP contribution in [0.4, 0.5) is 10.1 Å². The first-order valence-corrected chi connectivity index (χ1v) is 10.0. The predicted octanol–water partition coefficient (Wildman–Crippen LogP) is 4.38. The van der Waals surface area contributed by atoms with E-state index < -0.39 is 5.92 Å². The first-order valence-electron chi connectivity index (χ1n) is 9.07. The van der Waals surface area contributed by atoms with Crippen LogP contribution in [0.2, 0.25) is 0 Å². The minimum absolute atomic E-state index is 0.128. The Hall–Kier alpha value is -3.32. The van der Waals surface area contributed by atoms with Gasteiger partial charge in [0.25, 0.3) is 5.91 Å². The quantitative estimate of drug-likeness (QED) is 0.674. The second-order valence-corrected chi connectivity index (χ2v) is 7.55. The van der Waals surface area contributed by atoms with Gasteiger partial charge in [0.2, 0.25) is 5.91 Å². The van der Waals surface area contributed by atoms with Crippen LogP contribution >= 0.6 is 11.3 Å². The lowest BCUT2D eigenvalue weighted by molar-refractivity contribution is -0.121. The molecule has 7 heteroatoms. The number of anilines is 1. The summed E-state index contributed by atoms with van der Waals surface area (Å²) < 4.78 is 13.3. The zero-order valence-corrected chi connectivity index (χ0v) is 16.4. The molecule has 0 saturated carbocycles. The van der Waals surface area contributed by atoms with Crippen molar-refractivity contribution >= 4 is 28.8 Å². The summed E-state index contributed by atoms with van der Waals surface area (Å²) in [6.07, 6.45) is 1.57. The van der Waals surface area contributed by atoms with E-state index >= 15 is 0 Å². The summed E-state index contributed by atoms with van der Waals surface area (Å²) in [5, 5.41) is 7.51. The minimum atomic E-state index is -0.439. The molecule has 1 aromatic heterocycles. The Kier molecular flexibility index (Phi) is 5.22. The zero-order valence-electron chi connectivity index (χ0n) is 15.6. The largest absolute Gasteiger partial charge is 0.332 e. The number of aromatic nitrogens is 1. The van der Waals surface area contributed by atoms with Crippen molar-refractivity contribution < 1.29 is 14.0 Å². The van der Waals surface area contributed by atoms with E-state index in [-0.39, 0.29) is 24.1 Å². The molecule has 2 heterocycles. The van der Waals surface area contributed by atoms with Gasteiger partial charge in [-0.3, -0.25) is 9.59 Å². The van der Waals surface area contributed by atoms with Crippen LogP contribution in [0.15, 0.2) is 65.1 Å². The van der Waals surface area contributed by atoms with Gasteiger partial charge in [0, 0.05) is 40.7 Å². The van der Waals surface area contributed by atoms with Gasteiger partial charge in [0.1, 0.15) is 5.82 Å². The summed E-state index contributed by atoms with van der Waals surface area (Å²) in [6.45, 7) is 1.91. The maximum atomic E-state index is 13.3. The first kappa shape index (κ1) is 19.0. The molecule has 0 spiro atoms. The summed E-state index contributed by atoms with van der Waals surface area (Å²) in [5.41, 5.74) is 6.25. The van der Waals surface area contributed by atoms with Gasteiger partial charge in [-0.1, -0.05) is 24.3 Å². The van der Waals surface area contributed by atoms with Gasteiger partial charge in [-0.2, -0.15) is 0 Å². The molecule has 2 amide bonds. The van der Waals surface area contributed by atoms with E-state index in [9.17, 15) is 14.0 Å². The lowest BCUT2D eigenvalue weighted by Gasteiger charge is -2.24. The number of nitrogens with zero attached hydrogens (tertiary/aromatic N) is 1. The predicted molar refractivity (Wildman–Crippen MR) is 111 cm³/mol. The maximum absolute atomic E-state index is 13.3. The molecule has 1 atom stereocenters. The number of halogens is 1.